The molecule has 0 aliphatic carbocycles. The molecule has 1 rings (SSSR count). The summed E-state index contributed by atoms with van der Waals surface area (Å²) in [7, 11) is 1.76. The minimum atomic E-state index is 0. The summed E-state index contributed by atoms with van der Waals surface area (Å²) in [4.78, 5) is 14.4. The second-order valence-electron chi connectivity index (χ2n) is 3.87. The predicted molar refractivity (Wildman–Crippen MR) is 77.4 cm³/mol. The molecule has 1 unspecified atom stereocenters. The number of amides is 1. The average Bonchev–Trinajstić information content (AvgIpc) is 2.35. The van der Waals surface area contributed by atoms with Crippen molar-refractivity contribution in [3.8, 4) is 5.75 Å². The molecule has 18 heavy (non-hydrogen) atoms. The highest BCUT2D eigenvalue weighted by Gasteiger charge is 2.14. The van der Waals surface area contributed by atoms with Gasteiger partial charge in [0.05, 0.1) is 5.75 Å². The molecule has 102 valence electrons. The van der Waals surface area contributed by atoms with Crippen molar-refractivity contribution in [2.45, 2.75) is 17.9 Å². The van der Waals surface area contributed by atoms with Crippen molar-refractivity contribution in [3.63, 3.8) is 0 Å². The minimum absolute atomic E-state index is 0. The Labute approximate surface area is 118 Å². The molecule has 0 saturated carbocycles. The molecule has 0 aliphatic rings. The summed E-state index contributed by atoms with van der Waals surface area (Å²) in [6, 6.07) is 6.86. The molecule has 0 aliphatic heterocycles. The van der Waals surface area contributed by atoms with E-state index in [0.717, 1.165) is 4.90 Å². The van der Waals surface area contributed by atoms with Crippen molar-refractivity contribution in [1.82, 2.24) is 4.90 Å². The molecule has 0 aromatic heterocycles. The Morgan fingerprint density at radius 1 is 1.44 bits per heavy atom. The Bertz CT molecular complexity index is 373. The van der Waals surface area contributed by atoms with Gasteiger partial charge < -0.3 is 15.7 Å². The van der Waals surface area contributed by atoms with Crippen molar-refractivity contribution >= 4 is 30.1 Å². The standard InChI is InChI=1S/C12H18N2O2S.ClH/c1-9(7-13)14(2)12(16)8-17-11-5-3-10(15)4-6-11;/h3-6,9,15H,7-8,13H2,1-2H3;1H. The van der Waals surface area contributed by atoms with Gasteiger partial charge >= 0.3 is 0 Å². The maximum Gasteiger partial charge on any atom is 0.232 e. The molecule has 1 atom stereocenters. The fourth-order valence-corrected chi connectivity index (χ4v) is 2.02. The highest BCUT2D eigenvalue weighted by atomic mass is 35.5. The maximum atomic E-state index is 11.8. The van der Waals surface area contributed by atoms with Gasteiger partial charge in [0.15, 0.2) is 0 Å². The molecule has 0 radical (unpaired) electrons. The summed E-state index contributed by atoms with van der Waals surface area (Å²) in [6.07, 6.45) is 0. The number of aromatic hydroxyl groups is 1. The first-order chi connectivity index (χ1) is 8.04. The largest absolute Gasteiger partial charge is 0.508 e. The van der Waals surface area contributed by atoms with E-state index in [2.05, 4.69) is 0 Å². The number of carbonyl (C=O) groups excluding carboxylic acids is 1. The van der Waals surface area contributed by atoms with Gasteiger partial charge in [-0.2, -0.15) is 0 Å². The van der Waals surface area contributed by atoms with Crippen LogP contribution in [0.2, 0.25) is 0 Å². The summed E-state index contributed by atoms with van der Waals surface area (Å²) < 4.78 is 0. The summed E-state index contributed by atoms with van der Waals surface area (Å²) >= 11 is 1.45. The topological polar surface area (TPSA) is 66.6 Å². The molecule has 1 aromatic rings. The van der Waals surface area contributed by atoms with Crippen LogP contribution < -0.4 is 5.73 Å². The normalized spacial score (nSPS) is 11.5. The third kappa shape index (κ3) is 5.16. The van der Waals surface area contributed by atoms with Crippen LogP contribution in [0.4, 0.5) is 0 Å². The molecule has 4 nitrogen and oxygen atoms in total. The first-order valence-corrected chi connectivity index (χ1v) is 6.40. The van der Waals surface area contributed by atoms with Gasteiger partial charge in [-0.3, -0.25) is 4.79 Å². The van der Waals surface area contributed by atoms with E-state index >= 15 is 0 Å². The number of phenolic OH excluding ortho intramolecular Hbond substituents is 1. The number of phenols is 1. The van der Waals surface area contributed by atoms with E-state index in [1.54, 1.807) is 36.2 Å². The van der Waals surface area contributed by atoms with Crippen LogP contribution in [0.25, 0.3) is 0 Å². The van der Waals surface area contributed by atoms with E-state index in [4.69, 9.17) is 10.8 Å². The zero-order valence-corrected chi connectivity index (χ0v) is 12.1. The number of halogens is 1. The van der Waals surface area contributed by atoms with Crippen LogP contribution in [0.5, 0.6) is 5.75 Å². The van der Waals surface area contributed by atoms with E-state index < -0.39 is 0 Å². The lowest BCUT2D eigenvalue weighted by Gasteiger charge is -2.23. The molecule has 1 aromatic carbocycles. The lowest BCUT2D eigenvalue weighted by atomic mass is 10.3. The molecule has 0 fully saturated rings. The predicted octanol–water partition coefficient (Wildman–Crippen LogP) is 1.71. The van der Waals surface area contributed by atoms with Crippen LogP contribution in [0.1, 0.15) is 6.92 Å². The van der Waals surface area contributed by atoms with Gasteiger partial charge in [-0.15, -0.1) is 24.2 Å². The summed E-state index contributed by atoms with van der Waals surface area (Å²) in [5.74, 6) is 0.668. The van der Waals surface area contributed by atoms with Crippen LogP contribution in [0.3, 0.4) is 0 Å². The molecule has 0 spiro atoms. The third-order valence-electron chi connectivity index (χ3n) is 2.59. The number of hydrogen-bond acceptors (Lipinski definition) is 4. The van der Waals surface area contributed by atoms with Crippen LogP contribution in [-0.2, 0) is 4.79 Å². The number of hydrogen-bond donors (Lipinski definition) is 2. The molecule has 1 amide bonds. The van der Waals surface area contributed by atoms with Gasteiger partial charge in [-0.1, -0.05) is 0 Å². The zero-order chi connectivity index (χ0) is 12.8. The van der Waals surface area contributed by atoms with Gasteiger partial charge in [0, 0.05) is 24.5 Å². The minimum Gasteiger partial charge on any atom is -0.508 e. The van der Waals surface area contributed by atoms with Crippen LogP contribution in [-0.4, -0.2) is 41.3 Å². The fraction of sp³-hybridized carbons (Fsp3) is 0.417. The Hall–Kier alpha value is -0.910. The van der Waals surface area contributed by atoms with Crippen molar-refractivity contribution in [1.29, 1.82) is 0 Å². The Balaban J connectivity index is 0.00000289. The van der Waals surface area contributed by atoms with E-state index in [1.807, 2.05) is 6.92 Å². The maximum absolute atomic E-state index is 11.8. The van der Waals surface area contributed by atoms with Crippen LogP contribution >= 0.6 is 24.2 Å². The van der Waals surface area contributed by atoms with Crippen LogP contribution in [0.15, 0.2) is 29.2 Å². The Morgan fingerprint density at radius 2 is 2.00 bits per heavy atom. The lowest BCUT2D eigenvalue weighted by Crippen LogP contribution is -2.40. The van der Waals surface area contributed by atoms with Crippen molar-refractivity contribution < 1.29 is 9.90 Å². The molecular formula is C12H19ClN2O2S. The SMILES string of the molecule is CC(CN)N(C)C(=O)CSc1ccc(O)cc1.Cl. The monoisotopic (exact) mass is 290 g/mol. The number of likely N-dealkylation sites (N-methyl/N-ethyl adjacent to an activating group) is 1. The molecule has 0 heterocycles. The van der Waals surface area contributed by atoms with Crippen molar-refractivity contribution in [2.24, 2.45) is 5.73 Å². The van der Waals surface area contributed by atoms with Gasteiger partial charge in [0.2, 0.25) is 5.91 Å². The van der Waals surface area contributed by atoms with E-state index in [9.17, 15) is 4.79 Å². The molecule has 3 N–H and O–H groups in total. The zero-order valence-electron chi connectivity index (χ0n) is 10.5. The molecular weight excluding hydrogens is 272 g/mol. The van der Waals surface area contributed by atoms with Gasteiger partial charge in [0.1, 0.15) is 5.75 Å². The van der Waals surface area contributed by atoms with Crippen molar-refractivity contribution in [3.05, 3.63) is 24.3 Å². The summed E-state index contributed by atoms with van der Waals surface area (Å²) in [6.45, 7) is 2.38. The highest BCUT2D eigenvalue weighted by Crippen LogP contribution is 2.20. The van der Waals surface area contributed by atoms with E-state index in [1.165, 1.54) is 11.8 Å². The number of rotatable bonds is 5. The summed E-state index contributed by atoms with van der Waals surface area (Å²) in [5.41, 5.74) is 5.51. The van der Waals surface area contributed by atoms with E-state index in [0.29, 0.717) is 12.3 Å². The Kier molecular flexibility index (Phi) is 7.82. The number of thioether (sulfide) groups is 1. The number of nitrogens with two attached hydrogens (primary N) is 1. The quantitative estimate of drug-likeness (QED) is 0.810. The fourth-order valence-electron chi connectivity index (χ4n) is 1.19. The number of carbonyl (C=O) groups is 1. The number of nitrogens with zero attached hydrogens (tertiary/aromatic N) is 1. The first-order valence-electron chi connectivity index (χ1n) is 5.42. The van der Waals surface area contributed by atoms with Crippen LogP contribution in [0, 0.1) is 0 Å². The molecule has 0 saturated heterocycles. The van der Waals surface area contributed by atoms with Gasteiger partial charge in [-0.05, 0) is 31.2 Å². The number of benzene rings is 1. The second-order valence-corrected chi connectivity index (χ2v) is 4.92. The van der Waals surface area contributed by atoms with Gasteiger partial charge in [0.25, 0.3) is 0 Å². The van der Waals surface area contributed by atoms with E-state index in [-0.39, 0.29) is 30.1 Å². The second kappa shape index (κ2) is 8.24. The lowest BCUT2D eigenvalue weighted by molar-refractivity contribution is -0.128. The summed E-state index contributed by atoms with van der Waals surface area (Å²) in [5, 5.41) is 9.13. The molecule has 6 heteroatoms. The third-order valence-corrected chi connectivity index (χ3v) is 3.59. The average molecular weight is 291 g/mol. The van der Waals surface area contributed by atoms with Crippen molar-refractivity contribution in [2.75, 3.05) is 19.3 Å². The highest BCUT2D eigenvalue weighted by molar-refractivity contribution is 8.00. The first kappa shape index (κ1) is 17.1. The molecule has 0 bridgehead atoms. The smallest absolute Gasteiger partial charge is 0.232 e. The van der Waals surface area contributed by atoms with Gasteiger partial charge in [-0.25, -0.2) is 0 Å². The Morgan fingerprint density at radius 3 is 2.50 bits per heavy atom.